The van der Waals surface area contributed by atoms with E-state index in [9.17, 15) is 13.2 Å². The zero-order valence-electron chi connectivity index (χ0n) is 7.69. The van der Waals surface area contributed by atoms with Crippen LogP contribution in [0.4, 0.5) is 0 Å². The highest BCUT2D eigenvalue weighted by Crippen LogP contribution is 2.18. The molecule has 8 heteroatoms. The van der Waals surface area contributed by atoms with Gasteiger partial charge < -0.3 is 0 Å². The number of nitrogens with one attached hydrogen (secondary N) is 2. The van der Waals surface area contributed by atoms with Gasteiger partial charge in [0.1, 0.15) is 4.90 Å². The summed E-state index contributed by atoms with van der Waals surface area (Å²) in [7, 11) is -3.86. The first-order valence-electron chi connectivity index (χ1n) is 3.81. The van der Waals surface area contributed by atoms with Crippen LogP contribution < -0.4 is 10.3 Å². The van der Waals surface area contributed by atoms with Crippen molar-refractivity contribution >= 4 is 27.5 Å². The highest BCUT2D eigenvalue weighted by molar-refractivity contribution is 7.89. The molecule has 1 aromatic rings. The van der Waals surface area contributed by atoms with Crippen molar-refractivity contribution in [2.75, 3.05) is 0 Å². The maximum absolute atomic E-state index is 11.5. The summed E-state index contributed by atoms with van der Waals surface area (Å²) in [6.45, 7) is 1.17. The van der Waals surface area contributed by atoms with Crippen molar-refractivity contribution in [1.29, 1.82) is 0 Å². The predicted molar refractivity (Wildman–Crippen MR) is 53.4 cm³/mol. The van der Waals surface area contributed by atoms with E-state index >= 15 is 0 Å². The van der Waals surface area contributed by atoms with Crippen LogP contribution in [0.5, 0.6) is 0 Å². The fraction of sp³-hybridized carbons (Fsp3) is 0.143. The summed E-state index contributed by atoms with van der Waals surface area (Å²) in [5, 5.41) is 0.0304. The van der Waals surface area contributed by atoms with Crippen LogP contribution >= 0.6 is 11.6 Å². The van der Waals surface area contributed by atoms with Gasteiger partial charge in [0, 0.05) is 19.3 Å². The zero-order chi connectivity index (χ0) is 11.5. The average molecular weight is 250 g/mol. The van der Waals surface area contributed by atoms with Crippen LogP contribution in [0.25, 0.3) is 0 Å². The number of amides is 1. The van der Waals surface area contributed by atoms with Crippen molar-refractivity contribution in [1.82, 2.24) is 15.2 Å². The van der Waals surface area contributed by atoms with Gasteiger partial charge in [-0.25, -0.2) is 8.42 Å². The van der Waals surface area contributed by atoms with Crippen LogP contribution in [-0.4, -0.2) is 19.3 Å². The van der Waals surface area contributed by atoms with Crippen LogP contribution in [0.3, 0.4) is 0 Å². The van der Waals surface area contributed by atoms with Crippen LogP contribution in [0.15, 0.2) is 23.4 Å². The van der Waals surface area contributed by atoms with Gasteiger partial charge in [-0.1, -0.05) is 11.6 Å². The second-order valence-corrected chi connectivity index (χ2v) is 4.65. The van der Waals surface area contributed by atoms with Gasteiger partial charge in [-0.15, -0.1) is 4.83 Å². The van der Waals surface area contributed by atoms with E-state index in [1.807, 2.05) is 10.3 Å². The quantitative estimate of drug-likeness (QED) is 0.742. The predicted octanol–water partition coefficient (Wildman–Crippen LogP) is 0.0644. The summed E-state index contributed by atoms with van der Waals surface area (Å²) in [5.74, 6) is -0.529. The van der Waals surface area contributed by atoms with Gasteiger partial charge in [0.05, 0.1) is 5.02 Å². The molecule has 0 radical (unpaired) electrons. The third-order valence-corrected chi connectivity index (χ3v) is 3.10. The van der Waals surface area contributed by atoms with Crippen LogP contribution in [0.2, 0.25) is 5.02 Å². The summed E-state index contributed by atoms with van der Waals surface area (Å²) in [6.07, 6.45) is 2.45. The normalized spacial score (nSPS) is 11.1. The Morgan fingerprint density at radius 2 is 2.20 bits per heavy atom. The number of pyridine rings is 1. The Morgan fingerprint density at radius 3 is 2.73 bits per heavy atom. The molecule has 0 aliphatic carbocycles. The summed E-state index contributed by atoms with van der Waals surface area (Å²) < 4.78 is 23.0. The first kappa shape index (κ1) is 11.9. The molecular formula is C7H8ClN3O3S. The SMILES string of the molecule is CC(=O)NNS(=O)(=O)c1cnccc1Cl. The minimum absolute atomic E-state index is 0.0304. The Labute approximate surface area is 91.7 Å². The molecule has 6 nitrogen and oxygen atoms in total. The monoisotopic (exact) mass is 249 g/mol. The molecule has 0 bridgehead atoms. The number of sulfonamides is 1. The first-order chi connectivity index (χ1) is 6.93. The number of rotatable bonds is 3. The Bertz CT molecular complexity index is 474. The molecule has 0 spiro atoms. The number of halogens is 1. The standard InChI is InChI=1S/C7H8ClN3O3S/c1-5(12)10-11-15(13,14)7-4-9-3-2-6(7)8/h2-4,11H,1H3,(H,10,12). The first-order valence-corrected chi connectivity index (χ1v) is 5.67. The molecule has 0 unspecified atom stereocenters. The fourth-order valence-corrected chi connectivity index (χ4v) is 2.08. The molecule has 0 saturated carbocycles. The molecule has 2 N–H and O–H groups in total. The lowest BCUT2D eigenvalue weighted by Gasteiger charge is -2.07. The number of hydrazine groups is 1. The highest BCUT2D eigenvalue weighted by Gasteiger charge is 2.17. The van der Waals surface area contributed by atoms with E-state index in [-0.39, 0.29) is 9.92 Å². The van der Waals surface area contributed by atoms with Crippen LogP contribution in [0, 0.1) is 0 Å². The molecule has 82 valence electrons. The minimum Gasteiger partial charge on any atom is -0.278 e. The fourth-order valence-electron chi connectivity index (χ4n) is 0.755. The van der Waals surface area contributed by atoms with Crippen molar-refractivity contribution in [3.63, 3.8) is 0 Å². The number of hydrogen-bond donors (Lipinski definition) is 2. The van der Waals surface area contributed by atoms with E-state index in [4.69, 9.17) is 11.6 Å². The van der Waals surface area contributed by atoms with Crippen LogP contribution in [0.1, 0.15) is 6.92 Å². The summed E-state index contributed by atoms with van der Waals surface area (Å²) >= 11 is 5.65. The molecule has 1 aromatic heterocycles. The highest BCUT2D eigenvalue weighted by atomic mass is 35.5. The molecule has 0 fully saturated rings. The largest absolute Gasteiger partial charge is 0.278 e. The molecule has 1 heterocycles. The van der Waals surface area contributed by atoms with Gasteiger partial charge in [-0.2, -0.15) is 0 Å². The second kappa shape index (κ2) is 4.56. The summed E-state index contributed by atoms with van der Waals surface area (Å²) in [6, 6.07) is 1.34. The lowest BCUT2D eigenvalue weighted by atomic mass is 10.5. The number of carbonyl (C=O) groups is 1. The van der Waals surface area contributed by atoms with E-state index in [2.05, 4.69) is 4.98 Å². The van der Waals surface area contributed by atoms with Crippen molar-refractivity contribution in [3.8, 4) is 0 Å². The maximum atomic E-state index is 11.5. The summed E-state index contributed by atoms with van der Waals surface area (Å²) in [5.41, 5.74) is 1.95. The molecule has 0 aliphatic rings. The van der Waals surface area contributed by atoms with Gasteiger partial charge in [-0.3, -0.25) is 15.2 Å². The minimum atomic E-state index is -3.86. The lowest BCUT2D eigenvalue weighted by molar-refractivity contribution is -0.119. The smallest absolute Gasteiger partial charge is 0.260 e. The Balaban J connectivity index is 2.97. The molecule has 1 rings (SSSR count). The number of aromatic nitrogens is 1. The van der Waals surface area contributed by atoms with E-state index in [0.29, 0.717) is 0 Å². The van der Waals surface area contributed by atoms with Crippen LogP contribution in [-0.2, 0) is 14.8 Å². The molecular weight excluding hydrogens is 242 g/mol. The van der Waals surface area contributed by atoms with Crippen molar-refractivity contribution in [2.24, 2.45) is 0 Å². The van der Waals surface area contributed by atoms with Gasteiger partial charge in [0.15, 0.2) is 0 Å². The number of hydrogen-bond acceptors (Lipinski definition) is 4. The Hall–Kier alpha value is -1.18. The molecule has 15 heavy (non-hydrogen) atoms. The van der Waals surface area contributed by atoms with Crippen molar-refractivity contribution in [3.05, 3.63) is 23.5 Å². The van der Waals surface area contributed by atoms with Gasteiger partial charge in [0.25, 0.3) is 10.0 Å². The number of carbonyl (C=O) groups excluding carboxylic acids is 1. The summed E-state index contributed by atoms with van der Waals surface area (Å²) in [4.78, 5) is 15.8. The molecule has 0 aromatic carbocycles. The van der Waals surface area contributed by atoms with Crippen molar-refractivity contribution in [2.45, 2.75) is 11.8 Å². The average Bonchev–Trinajstić information content (AvgIpc) is 2.15. The van der Waals surface area contributed by atoms with E-state index in [0.717, 1.165) is 6.20 Å². The van der Waals surface area contributed by atoms with E-state index in [1.165, 1.54) is 19.2 Å². The Morgan fingerprint density at radius 1 is 1.53 bits per heavy atom. The van der Waals surface area contributed by atoms with Crippen molar-refractivity contribution < 1.29 is 13.2 Å². The molecule has 0 aliphatic heterocycles. The second-order valence-electron chi connectivity index (χ2n) is 2.59. The molecule has 0 atom stereocenters. The number of nitrogens with zero attached hydrogens (tertiary/aromatic N) is 1. The van der Waals surface area contributed by atoms with Gasteiger partial charge in [0.2, 0.25) is 5.91 Å². The maximum Gasteiger partial charge on any atom is 0.260 e. The lowest BCUT2D eigenvalue weighted by Crippen LogP contribution is -2.40. The third kappa shape index (κ3) is 3.15. The Kier molecular flexibility index (Phi) is 3.61. The molecule has 0 saturated heterocycles. The molecule has 1 amide bonds. The zero-order valence-corrected chi connectivity index (χ0v) is 9.26. The van der Waals surface area contributed by atoms with E-state index in [1.54, 1.807) is 0 Å². The van der Waals surface area contributed by atoms with Gasteiger partial charge >= 0.3 is 0 Å². The topological polar surface area (TPSA) is 88.2 Å². The third-order valence-electron chi connectivity index (χ3n) is 1.39. The van der Waals surface area contributed by atoms with Gasteiger partial charge in [-0.05, 0) is 6.07 Å². The van der Waals surface area contributed by atoms with E-state index < -0.39 is 15.9 Å².